The fourth-order valence-electron chi connectivity index (χ4n) is 3.32. The number of aromatic nitrogens is 1. The minimum absolute atomic E-state index is 0.150. The highest BCUT2D eigenvalue weighted by Gasteiger charge is 2.48. The van der Waals surface area contributed by atoms with Crippen molar-refractivity contribution in [2.75, 3.05) is 6.54 Å². The number of rotatable bonds is 5. The van der Waals surface area contributed by atoms with Gasteiger partial charge in [-0.25, -0.2) is 4.39 Å². The Labute approximate surface area is 118 Å². The second kappa shape index (κ2) is 5.87. The molecule has 2 heterocycles. The fraction of sp³-hybridized carbons (Fsp3) is 0.600. The van der Waals surface area contributed by atoms with Crippen LogP contribution in [0.15, 0.2) is 18.5 Å². The van der Waals surface area contributed by atoms with E-state index in [9.17, 15) is 14.3 Å². The zero-order valence-corrected chi connectivity index (χ0v) is 12.0. The summed E-state index contributed by atoms with van der Waals surface area (Å²) in [4.78, 5) is 17.7. The molecule has 0 aliphatic carbocycles. The van der Waals surface area contributed by atoms with Gasteiger partial charge in [0.05, 0.1) is 6.20 Å². The van der Waals surface area contributed by atoms with Gasteiger partial charge in [0.15, 0.2) is 0 Å². The zero-order valence-electron chi connectivity index (χ0n) is 12.0. The maximum atomic E-state index is 13.3. The van der Waals surface area contributed by atoms with E-state index in [2.05, 4.69) is 4.98 Å². The number of hydrogen-bond acceptors (Lipinski definition) is 3. The summed E-state index contributed by atoms with van der Waals surface area (Å²) in [6, 6.07) is 1.29. The van der Waals surface area contributed by atoms with E-state index in [1.54, 1.807) is 6.20 Å². The van der Waals surface area contributed by atoms with Crippen molar-refractivity contribution in [3.8, 4) is 0 Å². The van der Waals surface area contributed by atoms with Gasteiger partial charge in [-0.3, -0.25) is 14.7 Å². The van der Waals surface area contributed by atoms with Gasteiger partial charge in [0.25, 0.3) is 0 Å². The van der Waals surface area contributed by atoms with Crippen LogP contribution in [0.1, 0.15) is 51.1 Å². The number of carbonyl (C=O) groups is 1. The first-order valence-corrected chi connectivity index (χ1v) is 7.12. The lowest BCUT2D eigenvalue weighted by molar-refractivity contribution is -0.151. The van der Waals surface area contributed by atoms with Gasteiger partial charge in [-0.05, 0) is 44.4 Å². The third-order valence-corrected chi connectivity index (χ3v) is 4.28. The summed E-state index contributed by atoms with van der Waals surface area (Å²) in [7, 11) is 0. The van der Waals surface area contributed by atoms with Gasteiger partial charge in [-0.1, -0.05) is 13.3 Å². The van der Waals surface area contributed by atoms with Gasteiger partial charge in [0, 0.05) is 12.2 Å². The highest BCUT2D eigenvalue weighted by molar-refractivity contribution is 5.79. The molecule has 0 saturated carbocycles. The number of nitrogens with zero attached hydrogens (tertiary/aromatic N) is 2. The molecule has 5 heteroatoms. The lowest BCUT2D eigenvalue weighted by Gasteiger charge is -2.39. The maximum absolute atomic E-state index is 13.3. The molecule has 2 atom stereocenters. The van der Waals surface area contributed by atoms with Gasteiger partial charge in [-0.2, -0.15) is 0 Å². The van der Waals surface area contributed by atoms with Gasteiger partial charge in [0.2, 0.25) is 0 Å². The highest BCUT2D eigenvalue weighted by Crippen LogP contribution is 2.40. The van der Waals surface area contributed by atoms with Crippen molar-refractivity contribution in [2.24, 2.45) is 0 Å². The Bertz CT molecular complexity index is 495. The second-order valence-corrected chi connectivity index (χ2v) is 5.50. The van der Waals surface area contributed by atoms with Crippen molar-refractivity contribution < 1.29 is 14.3 Å². The SMILES string of the molecule is CCCC1(C(=O)O)CCCN1C(C)c1cncc(F)c1. The summed E-state index contributed by atoms with van der Waals surface area (Å²) in [6.45, 7) is 4.65. The van der Waals surface area contributed by atoms with Crippen LogP contribution in [0.25, 0.3) is 0 Å². The fourth-order valence-corrected chi connectivity index (χ4v) is 3.32. The molecule has 1 fully saturated rings. The number of aliphatic carboxylic acids is 1. The minimum atomic E-state index is -0.819. The lowest BCUT2D eigenvalue weighted by Crippen LogP contribution is -2.51. The van der Waals surface area contributed by atoms with E-state index in [1.165, 1.54) is 6.07 Å². The minimum Gasteiger partial charge on any atom is -0.480 e. The van der Waals surface area contributed by atoms with Gasteiger partial charge >= 0.3 is 5.97 Å². The number of carboxylic acids is 1. The van der Waals surface area contributed by atoms with Gasteiger partial charge < -0.3 is 5.11 Å². The monoisotopic (exact) mass is 280 g/mol. The van der Waals surface area contributed by atoms with Crippen LogP contribution in [0, 0.1) is 5.82 Å². The van der Waals surface area contributed by atoms with E-state index in [1.807, 2.05) is 18.7 Å². The van der Waals surface area contributed by atoms with E-state index < -0.39 is 11.5 Å². The molecule has 2 rings (SSSR count). The summed E-state index contributed by atoms with van der Waals surface area (Å²) in [5.74, 6) is -1.15. The molecule has 1 saturated heterocycles. The predicted molar refractivity (Wildman–Crippen MR) is 73.8 cm³/mol. The van der Waals surface area contributed by atoms with Crippen LogP contribution in [-0.2, 0) is 4.79 Å². The highest BCUT2D eigenvalue weighted by atomic mass is 19.1. The van der Waals surface area contributed by atoms with Gasteiger partial charge in [0.1, 0.15) is 11.4 Å². The van der Waals surface area contributed by atoms with Crippen LogP contribution >= 0.6 is 0 Å². The molecule has 0 bridgehead atoms. The average molecular weight is 280 g/mol. The summed E-state index contributed by atoms with van der Waals surface area (Å²) in [6.07, 6.45) is 5.73. The first kappa shape index (κ1) is 14.9. The molecule has 0 spiro atoms. The normalized spacial score (nSPS) is 24.8. The molecule has 1 aromatic heterocycles. The topological polar surface area (TPSA) is 53.4 Å². The van der Waals surface area contributed by atoms with Gasteiger partial charge in [-0.15, -0.1) is 0 Å². The molecule has 20 heavy (non-hydrogen) atoms. The van der Waals surface area contributed by atoms with Crippen molar-refractivity contribution in [2.45, 2.75) is 51.1 Å². The Hall–Kier alpha value is -1.49. The molecule has 1 aromatic rings. The van der Waals surface area contributed by atoms with E-state index in [0.29, 0.717) is 12.8 Å². The Balaban J connectivity index is 2.32. The number of carboxylic acid groups (broad SMARTS) is 1. The number of likely N-dealkylation sites (tertiary alicyclic amines) is 1. The molecule has 0 amide bonds. The van der Waals surface area contributed by atoms with E-state index in [-0.39, 0.29) is 11.9 Å². The van der Waals surface area contributed by atoms with E-state index >= 15 is 0 Å². The van der Waals surface area contributed by atoms with Crippen LogP contribution in [0.5, 0.6) is 0 Å². The van der Waals surface area contributed by atoms with Crippen molar-refractivity contribution in [1.29, 1.82) is 0 Å². The Morgan fingerprint density at radius 1 is 1.60 bits per heavy atom. The number of halogens is 1. The predicted octanol–water partition coefficient (Wildman–Crippen LogP) is 3.00. The summed E-state index contributed by atoms with van der Waals surface area (Å²) < 4.78 is 13.3. The van der Waals surface area contributed by atoms with Crippen LogP contribution in [0.2, 0.25) is 0 Å². The van der Waals surface area contributed by atoms with Crippen LogP contribution in [0.3, 0.4) is 0 Å². The molecule has 0 aromatic carbocycles. The van der Waals surface area contributed by atoms with E-state index in [0.717, 1.165) is 31.1 Å². The number of hydrogen-bond donors (Lipinski definition) is 1. The first-order chi connectivity index (χ1) is 9.51. The van der Waals surface area contributed by atoms with Crippen molar-refractivity contribution in [3.63, 3.8) is 0 Å². The third kappa shape index (κ3) is 2.54. The number of pyridine rings is 1. The third-order valence-electron chi connectivity index (χ3n) is 4.28. The van der Waals surface area contributed by atoms with Crippen molar-refractivity contribution in [1.82, 2.24) is 9.88 Å². The largest absolute Gasteiger partial charge is 0.480 e. The Morgan fingerprint density at radius 2 is 2.35 bits per heavy atom. The first-order valence-electron chi connectivity index (χ1n) is 7.12. The zero-order chi connectivity index (χ0) is 14.8. The molecule has 0 radical (unpaired) electrons. The van der Waals surface area contributed by atoms with Crippen LogP contribution in [-0.4, -0.2) is 33.0 Å². The molecule has 2 unspecified atom stereocenters. The maximum Gasteiger partial charge on any atom is 0.324 e. The summed E-state index contributed by atoms with van der Waals surface area (Å²) in [5.41, 5.74) is -0.0888. The van der Waals surface area contributed by atoms with Crippen molar-refractivity contribution in [3.05, 3.63) is 29.8 Å². The molecular weight excluding hydrogens is 259 g/mol. The molecule has 4 nitrogen and oxygen atoms in total. The molecule has 110 valence electrons. The molecule has 1 aliphatic heterocycles. The lowest BCUT2D eigenvalue weighted by atomic mass is 9.89. The standard InChI is InChI=1S/C15H21FN2O2/c1-3-5-15(14(19)20)6-4-7-18(15)11(2)12-8-13(16)10-17-9-12/h8-11H,3-7H2,1-2H3,(H,19,20). The summed E-state index contributed by atoms with van der Waals surface area (Å²) >= 11 is 0. The van der Waals surface area contributed by atoms with Crippen LogP contribution < -0.4 is 0 Å². The Kier molecular flexibility index (Phi) is 4.38. The molecule has 1 aliphatic rings. The molecular formula is C15H21FN2O2. The van der Waals surface area contributed by atoms with E-state index in [4.69, 9.17) is 0 Å². The Morgan fingerprint density at radius 3 is 2.95 bits per heavy atom. The smallest absolute Gasteiger partial charge is 0.324 e. The molecule has 1 N–H and O–H groups in total. The summed E-state index contributed by atoms with van der Waals surface area (Å²) in [5, 5.41) is 9.68. The quantitative estimate of drug-likeness (QED) is 0.901. The second-order valence-electron chi connectivity index (χ2n) is 5.50. The van der Waals surface area contributed by atoms with Crippen LogP contribution in [0.4, 0.5) is 4.39 Å². The average Bonchev–Trinajstić information content (AvgIpc) is 2.83. The van der Waals surface area contributed by atoms with Crippen molar-refractivity contribution >= 4 is 5.97 Å².